The fraction of sp³-hybridized carbons (Fsp3) is 0. The fourth-order valence-corrected chi connectivity index (χ4v) is 3.91. The molecule has 0 aromatic heterocycles. The van der Waals surface area contributed by atoms with E-state index in [-0.39, 0.29) is 10.6 Å². The number of fused-ring (bicyclic) bond motifs is 1. The van der Waals surface area contributed by atoms with Crippen LogP contribution in [0.1, 0.15) is 0 Å². The summed E-state index contributed by atoms with van der Waals surface area (Å²) < 4.78 is 33.9. The highest BCUT2D eigenvalue weighted by molar-refractivity contribution is 7.86. The van der Waals surface area contributed by atoms with Crippen molar-refractivity contribution in [2.24, 2.45) is 0 Å². The number of rotatable bonds is 5. The zero-order valence-corrected chi connectivity index (χ0v) is 16.0. The van der Waals surface area contributed by atoms with Crippen LogP contribution in [0.3, 0.4) is 0 Å². The maximum absolute atomic E-state index is 12.0. The standard InChI is InChI=1S/C22H18N2O4S/c25-17-11-9-16(10-12-17)23-19-13-14-20(24-15-5-2-1-3-6-15)22-18(19)7-4-8-21(22)29(26,27)28/h1-14,23-25H,(H,26,27,28). The number of phenolic OH excluding ortho intramolecular Hbond substituents is 1. The van der Waals surface area contributed by atoms with E-state index >= 15 is 0 Å². The van der Waals surface area contributed by atoms with Crippen LogP contribution in [0, 0.1) is 0 Å². The summed E-state index contributed by atoms with van der Waals surface area (Å²) in [7, 11) is -4.44. The first-order valence-corrected chi connectivity index (χ1v) is 10.3. The molecule has 7 heteroatoms. The number of phenols is 1. The largest absolute Gasteiger partial charge is 0.508 e. The molecule has 0 amide bonds. The lowest BCUT2D eigenvalue weighted by Gasteiger charge is -2.16. The molecule has 146 valence electrons. The van der Waals surface area contributed by atoms with Crippen LogP contribution in [0.5, 0.6) is 5.75 Å². The van der Waals surface area contributed by atoms with Gasteiger partial charge in [-0.25, -0.2) is 0 Å². The summed E-state index contributed by atoms with van der Waals surface area (Å²) in [5.74, 6) is 0.150. The Labute approximate surface area is 168 Å². The minimum Gasteiger partial charge on any atom is -0.508 e. The normalized spacial score (nSPS) is 11.3. The van der Waals surface area contributed by atoms with Crippen molar-refractivity contribution in [3.05, 3.63) is 84.9 Å². The number of hydrogen-bond donors (Lipinski definition) is 4. The Hall–Kier alpha value is -3.55. The van der Waals surface area contributed by atoms with Gasteiger partial charge in [-0.15, -0.1) is 0 Å². The number of hydrogen-bond acceptors (Lipinski definition) is 5. The second-order valence-corrected chi connectivity index (χ2v) is 7.87. The molecule has 4 aromatic rings. The van der Waals surface area contributed by atoms with Crippen molar-refractivity contribution in [1.29, 1.82) is 0 Å². The maximum atomic E-state index is 12.0. The highest BCUT2D eigenvalue weighted by atomic mass is 32.2. The number of para-hydroxylation sites is 1. The first-order chi connectivity index (χ1) is 13.9. The van der Waals surface area contributed by atoms with Crippen LogP contribution in [-0.2, 0) is 10.1 Å². The molecule has 0 unspecified atom stereocenters. The van der Waals surface area contributed by atoms with Crippen molar-refractivity contribution >= 4 is 43.6 Å². The first-order valence-electron chi connectivity index (χ1n) is 8.83. The molecular weight excluding hydrogens is 388 g/mol. The molecule has 0 aliphatic heterocycles. The Morgan fingerprint density at radius 2 is 1.28 bits per heavy atom. The van der Waals surface area contributed by atoms with Crippen molar-refractivity contribution in [1.82, 2.24) is 0 Å². The number of aromatic hydroxyl groups is 1. The topological polar surface area (TPSA) is 98.7 Å². The Bertz CT molecular complexity index is 1270. The average molecular weight is 406 g/mol. The van der Waals surface area contributed by atoms with Crippen LogP contribution >= 0.6 is 0 Å². The van der Waals surface area contributed by atoms with E-state index in [9.17, 15) is 18.1 Å². The monoisotopic (exact) mass is 406 g/mol. The highest BCUT2D eigenvalue weighted by Crippen LogP contribution is 2.37. The molecule has 4 aromatic carbocycles. The van der Waals surface area contributed by atoms with Crippen molar-refractivity contribution < 1.29 is 18.1 Å². The summed E-state index contributed by atoms with van der Waals surface area (Å²) in [6.07, 6.45) is 0. The summed E-state index contributed by atoms with van der Waals surface area (Å²) >= 11 is 0. The molecule has 0 atom stereocenters. The van der Waals surface area contributed by atoms with Crippen molar-refractivity contribution in [2.75, 3.05) is 10.6 Å². The molecule has 0 aliphatic rings. The molecule has 0 heterocycles. The summed E-state index contributed by atoms with van der Waals surface area (Å²) in [4.78, 5) is -0.178. The van der Waals surface area contributed by atoms with Crippen molar-refractivity contribution in [3.63, 3.8) is 0 Å². The molecule has 29 heavy (non-hydrogen) atoms. The number of benzene rings is 4. The van der Waals surface area contributed by atoms with Crippen molar-refractivity contribution in [2.45, 2.75) is 4.90 Å². The van der Waals surface area contributed by atoms with E-state index in [1.54, 1.807) is 42.5 Å². The van der Waals surface area contributed by atoms with Gasteiger partial charge in [-0.2, -0.15) is 8.42 Å². The Balaban J connectivity index is 1.89. The van der Waals surface area contributed by atoms with Crippen LogP contribution in [0.15, 0.2) is 89.8 Å². The van der Waals surface area contributed by atoms with Crippen LogP contribution < -0.4 is 10.6 Å². The second-order valence-electron chi connectivity index (χ2n) is 6.48. The lowest BCUT2D eigenvalue weighted by molar-refractivity contribution is 0.475. The van der Waals surface area contributed by atoms with E-state index in [0.29, 0.717) is 22.1 Å². The predicted molar refractivity (Wildman–Crippen MR) is 115 cm³/mol. The van der Waals surface area contributed by atoms with Crippen molar-refractivity contribution in [3.8, 4) is 5.75 Å². The van der Waals surface area contributed by atoms with Gasteiger partial charge in [0.1, 0.15) is 10.6 Å². The summed E-state index contributed by atoms with van der Waals surface area (Å²) in [6.45, 7) is 0. The molecule has 0 saturated carbocycles. The maximum Gasteiger partial charge on any atom is 0.295 e. The minimum atomic E-state index is -4.44. The molecule has 4 rings (SSSR count). The van der Waals surface area contributed by atoms with Crippen LogP contribution in [-0.4, -0.2) is 18.1 Å². The molecule has 0 fully saturated rings. The Kier molecular flexibility index (Phi) is 4.84. The molecule has 6 nitrogen and oxygen atoms in total. The summed E-state index contributed by atoms with van der Waals surface area (Å²) in [6, 6.07) is 24.2. The van der Waals surface area contributed by atoms with Gasteiger partial charge in [-0.1, -0.05) is 30.3 Å². The van der Waals surface area contributed by atoms with Gasteiger partial charge in [0.05, 0.1) is 0 Å². The third-order valence-corrected chi connectivity index (χ3v) is 5.38. The SMILES string of the molecule is O=S(=O)(O)c1cccc2c(Nc3ccc(O)cc3)ccc(Nc3ccccc3)c12. The Morgan fingerprint density at radius 3 is 1.97 bits per heavy atom. The van der Waals surface area contributed by atoms with Crippen LogP contribution in [0.2, 0.25) is 0 Å². The Morgan fingerprint density at radius 1 is 0.655 bits per heavy atom. The van der Waals surface area contributed by atoms with E-state index in [4.69, 9.17) is 0 Å². The number of anilines is 4. The van der Waals surface area contributed by atoms with E-state index in [2.05, 4.69) is 10.6 Å². The van der Waals surface area contributed by atoms with Gasteiger partial charge in [-0.3, -0.25) is 4.55 Å². The zero-order chi connectivity index (χ0) is 20.4. The van der Waals surface area contributed by atoms with E-state index in [0.717, 1.165) is 11.4 Å². The molecule has 0 radical (unpaired) electrons. The molecule has 0 saturated heterocycles. The molecule has 0 spiro atoms. The third-order valence-electron chi connectivity index (χ3n) is 4.48. The van der Waals surface area contributed by atoms with Gasteiger partial charge in [-0.05, 0) is 54.6 Å². The lowest BCUT2D eigenvalue weighted by atomic mass is 10.1. The fourth-order valence-electron chi connectivity index (χ4n) is 3.18. The summed E-state index contributed by atoms with van der Waals surface area (Å²) in [5, 5.41) is 16.9. The smallest absolute Gasteiger partial charge is 0.295 e. The van der Waals surface area contributed by atoms with Gasteiger partial charge in [0, 0.05) is 33.5 Å². The minimum absolute atomic E-state index is 0.150. The second kappa shape index (κ2) is 7.46. The molecular formula is C22H18N2O4S. The summed E-state index contributed by atoms with van der Waals surface area (Å²) in [5.41, 5.74) is 2.73. The molecule has 0 aliphatic carbocycles. The van der Waals surface area contributed by atoms with Gasteiger partial charge in [0.25, 0.3) is 10.1 Å². The zero-order valence-electron chi connectivity index (χ0n) is 15.2. The van der Waals surface area contributed by atoms with Gasteiger partial charge >= 0.3 is 0 Å². The van der Waals surface area contributed by atoms with E-state index in [1.165, 1.54) is 6.07 Å². The first kappa shape index (κ1) is 18.8. The van der Waals surface area contributed by atoms with Gasteiger partial charge in [0.15, 0.2) is 0 Å². The van der Waals surface area contributed by atoms with Gasteiger partial charge < -0.3 is 15.7 Å². The predicted octanol–water partition coefficient (Wildman–Crippen LogP) is 5.28. The van der Waals surface area contributed by atoms with E-state index in [1.807, 2.05) is 36.4 Å². The van der Waals surface area contributed by atoms with Gasteiger partial charge in [0.2, 0.25) is 0 Å². The quantitative estimate of drug-likeness (QED) is 0.266. The average Bonchev–Trinajstić information content (AvgIpc) is 2.71. The van der Waals surface area contributed by atoms with Crippen LogP contribution in [0.4, 0.5) is 22.7 Å². The lowest BCUT2D eigenvalue weighted by Crippen LogP contribution is -2.03. The van der Waals surface area contributed by atoms with Crippen LogP contribution in [0.25, 0.3) is 10.8 Å². The molecule has 4 N–H and O–H groups in total. The highest BCUT2D eigenvalue weighted by Gasteiger charge is 2.18. The number of nitrogens with one attached hydrogen (secondary N) is 2. The third kappa shape index (κ3) is 4.01. The van der Waals surface area contributed by atoms with E-state index < -0.39 is 10.1 Å². The molecule has 0 bridgehead atoms.